The first kappa shape index (κ1) is 20.4. The van der Waals surface area contributed by atoms with Crippen LogP contribution in [0.5, 0.6) is 0 Å². The number of hydrogen-bond donors (Lipinski definition) is 0. The van der Waals surface area contributed by atoms with Gasteiger partial charge in [0.1, 0.15) is 11.4 Å². The van der Waals surface area contributed by atoms with Gasteiger partial charge in [-0.3, -0.25) is 4.98 Å². The smallest absolute Gasteiger partial charge is 0.101 e. The van der Waals surface area contributed by atoms with Gasteiger partial charge < -0.3 is 0 Å². The van der Waals surface area contributed by atoms with E-state index in [1.54, 1.807) is 0 Å². The first-order valence-electron chi connectivity index (χ1n) is 11.9. The Labute approximate surface area is 207 Å². The van der Waals surface area contributed by atoms with Crippen LogP contribution in [-0.4, -0.2) is 24.5 Å². The standard InChI is InChI=1S/C31H21N5/c1-3-11-22(12-4-1)30-26-15-7-9-17-28(26)35(33-30)24-19-25(21-32-20-24)36-29-18-10-8-16-27(29)31(34-36)23-13-5-2-6-14-23/h1-21H. The van der Waals surface area contributed by atoms with Gasteiger partial charge in [-0.05, 0) is 18.2 Å². The number of rotatable bonds is 4. The predicted octanol–water partition coefficient (Wildman–Crippen LogP) is 7.09. The Morgan fingerprint density at radius 1 is 0.444 bits per heavy atom. The molecule has 0 atom stereocenters. The molecule has 0 saturated heterocycles. The maximum atomic E-state index is 5.03. The topological polar surface area (TPSA) is 48.5 Å². The van der Waals surface area contributed by atoms with E-state index < -0.39 is 0 Å². The maximum Gasteiger partial charge on any atom is 0.101 e. The fourth-order valence-electron chi connectivity index (χ4n) is 4.79. The van der Waals surface area contributed by atoms with E-state index in [2.05, 4.69) is 71.7 Å². The summed E-state index contributed by atoms with van der Waals surface area (Å²) in [5.74, 6) is 0. The number of fused-ring (bicyclic) bond motifs is 2. The molecule has 0 aliphatic carbocycles. The number of para-hydroxylation sites is 2. The molecule has 0 aliphatic rings. The minimum absolute atomic E-state index is 0.881. The molecule has 36 heavy (non-hydrogen) atoms. The Balaban J connectivity index is 1.41. The summed E-state index contributed by atoms with van der Waals surface area (Å²) in [5, 5.41) is 12.3. The zero-order valence-corrected chi connectivity index (χ0v) is 19.4. The Morgan fingerprint density at radius 2 is 0.861 bits per heavy atom. The molecule has 0 fully saturated rings. The van der Waals surface area contributed by atoms with Crippen LogP contribution in [0.2, 0.25) is 0 Å². The van der Waals surface area contributed by atoms with Crippen molar-refractivity contribution in [2.75, 3.05) is 0 Å². The second-order valence-electron chi connectivity index (χ2n) is 8.69. The molecular weight excluding hydrogens is 442 g/mol. The first-order valence-corrected chi connectivity index (χ1v) is 11.9. The summed E-state index contributed by atoms with van der Waals surface area (Å²) in [4.78, 5) is 4.59. The minimum atomic E-state index is 0.881. The fourth-order valence-corrected chi connectivity index (χ4v) is 4.79. The van der Waals surface area contributed by atoms with E-state index in [1.165, 1.54) is 0 Å². The van der Waals surface area contributed by atoms with Crippen LogP contribution in [0.25, 0.3) is 55.7 Å². The van der Waals surface area contributed by atoms with E-state index in [0.29, 0.717) is 0 Å². The largest absolute Gasteiger partial charge is 0.260 e. The van der Waals surface area contributed by atoms with Gasteiger partial charge in [0.15, 0.2) is 0 Å². The van der Waals surface area contributed by atoms with Crippen molar-refractivity contribution >= 4 is 21.8 Å². The molecule has 0 N–H and O–H groups in total. The molecule has 0 amide bonds. The first-order chi connectivity index (χ1) is 17.9. The summed E-state index contributed by atoms with van der Waals surface area (Å²) >= 11 is 0. The Bertz CT molecular complexity index is 1700. The molecule has 0 saturated carbocycles. The summed E-state index contributed by atoms with van der Waals surface area (Å²) in [5.41, 5.74) is 7.90. The van der Waals surface area contributed by atoms with Gasteiger partial charge >= 0.3 is 0 Å². The van der Waals surface area contributed by atoms with Gasteiger partial charge in [0.25, 0.3) is 0 Å². The average molecular weight is 464 g/mol. The molecular formula is C31H21N5. The normalized spacial score (nSPS) is 11.3. The molecule has 5 nitrogen and oxygen atoms in total. The van der Waals surface area contributed by atoms with E-state index in [4.69, 9.17) is 10.2 Å². The third-order valence-electron chi connectivity index (χ3n) is 6.47. The summed E-state index contributed by atoms with van der Waals surface area (Å²) in [7, 11) is 0. The van der Waals surface area contributed by atoms with Gasteiger partial charge in [0.05, 0.1) is 34.8 Å². The van der Waals surface area contributed by atoms with Gasteiger partial charge in [-0.1, -0.05) is 97.1 Å². The lowest BCUT2D eigenvalue weighted by Gasteiger charge is -2.07. The monoisotopic (exact) mass is 463 g/mol. The molecule has 7 aromatic rings. The highest BCUT2D eigenvalue weighted by Crippen LogP contribution is 2.32. The molecule has 3 heterocycles. The number of nitrogens with zero attached hydrogens (tertiary/aromatic N) is 5. The van der Waals surface area contributed by atoms with Crippen LogP contribution >= 0.6 is 0 Å². The van der Waals surface area contributed by atoms with Crippen molar-refractivity contribution in [3.8, 4) is 33.9 Å². The quantitative estimate of drug-likeness (QED) is 0.280. The maximum absolute atomic E-state index is 5.03. The zero-order chi connectivity index (χ0) is 23.9. The van der Waals surface area contributed by atoms with Gasteiger partial charge in [-0.15, -0.1) is 0 Å². The Morgan fingerprint density at radius 3 is 1.33 bits per heavy atom. The van der Waals surface area contributed by atoms with Crippen molar-refractivity contribution < 1.29 is 0 Å². The SMILES string of the molecule is c1ccc(-c2nn(-c3cncc(-n4nc(-c5ccccc5)c5ccccc54)c3)c3ccccc23)cc1. The van der Waals surface area contributed by atoms with Crippen LogP contribution < -0.4 is 0 Å². The lowest BCUT2D eigenvalue weighted by molar-refractivity contribution is 0.877. The number of pyridine rings is 1. The third kappa shape index (κ3) is 3.29. The lowest BCUT2D eigenvalue weighted by Crippen LogP contribution is -2.02. The van der Waals surface area contributed by atoms with E-state index in [0.717, 1.165) is 55.7 Å². The van der Waals surface area contributed by atoms with Crippen LogP contribution in [0.4, 0.5) is 0 Å². The molecule has 0 aliphatic heterocycles. The minimum Gasteiger partial charge on any atom is -0.260 e. The van der Waals surface area contributed by atoms with E-state index in [-0.39, 0.29) is 0 Å². The van der Waals surface area contributed by atoms with Crippen LogP contribution in [0.15, 0.2) is 128 Å². The van der Waals surface area contributed by atoms with E-state index in [9.17, 15) is 0 Å². The number of aromatic nitrogens is 5. The van der Waals surface area contributed by atoms with E-state index in [1.807, 2.05) is 70.3 Å². The van der Waals surface area contributed by atoms with Crippen LogP contribution in [-0.2, 0) is 0 Å². The average Bonchev–Trinajstić information content (AvgIpc) is 3.54. The van der Waals surface area contributed by atoms with Gasteiger partial charge in [0.2, 0.25) is 0 Å². The Kier molecular flexibility index (Phi) is 4.71. The second-order valence-corrected chi connectivity index (χ2v) is 8.69. The molecule has 170 valence electrons. The molecule has 0 radical (unpaired) electrons. The predicted molar refractivity (Wildman–Crippen MR) is 144 cm³/mol. The number of hydrogen-bond acceptors (Lipinski definition) is 3. The van der Waals surface area contributed by atoms with E-state index >= 15 is 0 Å². The highest BCUT2D eigenvalue weighted by molar-refractivity contribution is 5.95. The van der Waals surface area contributed by atoms with Gasteiger partial charge in [-0.2, -0.15) is 10.2 Å². The summed E-state index contributed by atoms with van der Waals surface area (Å²) in [6.07, 6.45) is 3.70. The van der Waals surface area contributed by atoms with Gasteiger partial charge in [-0.25, -0.2) is 9.36 Å². The molecule has 0 unspecified atom stereocenters. The van der Waals surface area contributed by atoms with Crippen molar-refractivity contribution in [3.63, 3.8) is 0 Å². The molecule has 4 aromatic carbocycles. The Hall–Kier alpha value is -5.03. The van der Waals surface area contributed by atoms with Crippen LogP contribution in [0, 0.1) is 0 Å². The lowest BCUT2D eigenvalue weighted by atomic mass is 10.1. The van der Waals surface area contributed by atoms with Crippen molar-refractivity contribution in [2.24, 2.45) is 0 Å². The molecule has 5 heteroatoms. The van der Waals surface area contributed by atoms with Crippen molar-refractivity contribution in [1.82, 2.24) is 24.5 Å². The van der Waals surface area contributed by atoms with Crippen LogP contribution in [0.3, 0.4) is 0 Å². The molecule has 0 spiro atoms. The van der Waals surface area contributed by atoms with Crippen molar-refractivity contribution in [1.29, 1.82) is 0 Å². The molecule has 0 bridgehead atoms. The van der Waals surface area contributed by atoms with Gasteiger partial charge in [0, 0.05) is 21.9 Å². The highest BCUT2D eigenvalue weighted by Gasteiger charge is 2.16. The number of benzene rings is 4. The summed E-state index contributed by atoms with van der Waals surface area (Å²) in [6, 6.07) is 39.3. The molecule has 3 aromatic heterocycles. The van der Waals surface area contributed by atoms with Crippen LogP contribution in [0.1, 0.15) is 0 Å². The van der Waals surface area contributed by atoms with Crippen molar-refractivity contribution in [2.45, 2.75) is 0 Å². The molecule has 7 rings (SSSR count). The zero-order valence-electron chi connectivity index (χ0n) is 19.4. The second kappa shape index (κ2) is 8.32. The highest BCUT2D eigenvalue weighted by atomic mass is 15.3. The third-order valence-corrected chi connectivity index (χ3v) is 6.47. The summed E-state index contributed by atoms with van der Waals surface area (Å²) in [6.45, 7) is 0. The van der Waals surface area contributed by atoms with Crippen molar-refractivity contribution in [3.05, 3.63) is 128 Å². The fraction of sp³-hybridized carbons (Fsp3) is 0. The summed E-state index contributed by atoms with van der Waals surface area (Å²) < 4.78 is 3.94.